The fraction of sp³-hybridized carbons (Fsp3) is 0.312. The van der Waals surface area contributed by atoms with Gasteiger partial charge in [-0.25, -0.2) is 4.98 Å². The summed E-state index contributed by atoms with van der Waals surface area (Å²) in [6.45, 7) is 4.22. The summed E-state index contributed by atoms with van der Waals surface area (Å²) in [7, 11) is 0. The molecule has 0 radical (unpaired) electrons. The first-order valence-corrected chi connectivity index (χ1v) is 6.87. The zero-order valence-corrected chi connectivity index (χ0v) is 12.2. The number of amides is 1. The van der Waals surface area contributed by atoms with Gasteiger partial charge in [-0.3, -0.25) is 4.79 Å². The van der Waals surface area contributed by atoms with Crippen LogP contribution in [0, 0.1) is 11.3 Å². The van der Waals surface area contributed by atoms with Crippen molar-refractivity contribution in [2.24, 2.45) is 0 Å². The van der Waals surface area contributed by atoms with Crippen LogP contribution in [-0.2, 0) is 0 Å². The number of hydrogen-bond donors (Lipinski definition) is 1. The Hall–Kier alpha value is -2.61. The van der Waals surface area contributed by atoms with Crippen LogP contribution in [0.3, 0.4) is 0 Å². The molecular weight excluding hydrogens is 264 g/mol. The van der Waals surface area contributed by atoms with Gasteiger partial charge >= 0.3 is 0 Å². The van der Waals surface area contributed by atoms with Crippen LogP contribution < -0.4 is 5.73 Å². The highest BCUT2D eigenvalue weighted by Crippen LogP contribution is 2.21. The standard InChI is InChI=1S/C16H18N4O/c1-11(2)20(9-5-8-17)16(21)15-10-13(18)12-6-3-4-7-14(12)19-15/h3-4,6-7,10-11H,5,9H2,1-2H3,(H2,18,19). The second kappa shape index (κ2) is 6.23. The SMILES string of the molecule is CC(C)N(CCC#N)C(=O)c1cc(N)c2ccccc2n1. The topological polar surface area (TPSA) is 83.0 Å². The summed E-state index contributed by atoms with van der Waals surface area (Å²) in [4.78, 5) is 18.6. The molecule has 108 valence electrons. The number of nitrogens with two attached hydrogens (primary N) is 1. The Morgan fingerprint density at radius 1 is 1.43 bits per heavy atom. The third-order valence-electron chi connectivity index (χ3n) is 3.32. The summed E-state index contributed by atoms with van der Waals surface area (Å²) in [5.74, 6) is -0.197. The van der Waals surface area contributed by atoms with Crippen molar-refractivity contribution in [2.75, 3.05) is 12.3 Å². The number of aromatic nitrogens is 1. The van der Waals surface area contributed by atoms with E-state index in [1.165, 1.54) is 0 Å². The zero-order valence-electron chi connectivity index (χ0n) is 12.2. The monoisotopic (exact) mass is 282 g/mol. The van der Waals surface area contributed by atoms with E-state index in [1.807, 2.05) is 38.1 Å². The molecule has 1 heterocycles. The Kier molecular flexibility index (Phi) is 4.39. The van der Waals surface area contributed by atoms with Crippen LogP contribution in [0.1, 0.15) is 30.8 Å². The average Bonchev–Trinajstić information content (AvgIpc) is 2.47. The first-order chi connectivity index (χ1) is 10.0. The van der Waals surface area contributed by atoms with Crippen molar-refractivity contribution in [3.63, 3.8) is 0 Å². The summed E-state index contributed by atoms with van der Waals surface area (Å²) in [5, 5.41) is 9.55. The van der Waals surface area contributed by atoms with E-state index in [4.69, 9.17) is 11.0 Å². The van der Waals surface area contributed by atoms with E-state index in [1.54, 1.807) is 11.0 Å². The molecule has 0 unspecified atom stereocenters. The minimum absolute atomic E-state index is 0.000319. The number of benzene rings is 1. The maximum atomic E-state index is 12.6. The minimum atomic E-state index is -0.197. The van der Waals surface area contributed by atoms with E-state index >= 15 is 0 Å². The summed E-state index contributed by atoms with van der Waals surface area (Å²) < 4.78 is 0. The zero-order chi connectivity index (χ0) is 15.4. The van der Waals surface area contributed by atoms with Gasteiger partial charge < -0.3 is 10.6 Å². The lowest BCUT2D eigenvalue weighted by molar-refractivity contribution is 0.0704. The van der Waals surface area contributed by atoms with Crippen LogP contribution in [0.2, 0.25) is 0 Å². The molecule has 0 bridgehead atoms. The molecule has 0 aliphatic heterocycles. The van der Waals surface area contributed by atoms with E-state index in [0.29, 0.717) is 29.9 Å². The first-order valence-electron chi connectivity index (χ1n) is 6.87. The van der Waals surface area contributed by atoms with E-state index in [-0.39, 0.29) is 11.9 Å². The molecule has 0 aliphatic carbocycles. The smallest absolute Gasteiger partial charge is 0.272 e. The number of hydrogen-bond acceptors (Lipinski definition) is 4. The minimum Gasteiger partial charge on any atom is -0.398 e. The van der Waals surface area contributed by atoms with Crippen LogP contribution in [-0.4, -0.2) is 28.4 Å². The number of pyridine rings is 1. The quantitative estimate of drug-likeness (QED) is 0.934. The first kappa shape index (κ1) is 14.8. The molecule has 5 nitrogen and oxygen atoms in total. The number of rotatable bonds is 4. The van der Waals surface area contributed by atoms with Gasteiger partial charge in [-0.05, 0) is 26.0 Å². The number of carbonyl (C=O) groups excluding carboxylic acids is 1. The van der Waals surface area contributed by atoms with Crippen molar-refractivity contribution in [2.45, 2.75) is 26.3 Å². The van der Waals surface area contributed by atoms with Gasteiger partial charge in [0, 0.05) is 23.7 Å². The number of anilines is 1. The molecule has 1 aromatic carbocycles. The normalized spacial score (nSPS) is 10.6. The van der Waals surface area contributed by atoms with Crippen molar-refractivity contribution >= 4 is 22.5 Å². The molecule has 0 aliphatic rings. The second-order valence-corrected chi connectivity index (χ2v) is 5.11. The van der Waals surface area contributed by atoms with Crippen molar-refractivity contribution in [1.82, 2.24) is 9.88 Å². The van der Waals surface area contributed by atoms with E-state index in [2.05, 4.69) is 11.1 Å². The largest absolute Gasteiger partial charge is 0.398 e. The molecule has 0 atom stereocenters. The van der Waals surface area contributed by atoms with Crippen molar-refractivity contribution in [3.8, 4) is 6.07 Å². The lowest BCUT2D eigenvalue weighted by Gasteiger charge is -2.25. The molecule has 2 rings (SSSR count). The van der Waals surface area contributed by atoms with Gasteiger partial charge in [0.1, 0.15) is 5.69 Å². The number of fused-ring (bicyclic) bond motifs is 1. The van der Waals surface area contributed by atoms with E-state index in [9.17, 15) is 4.79 Å². The van der Waals surface area contributed by atoms with Gasteiger partial charge in [-0.15, -0.1) is 0 Å². The molecule has 0 saturated carbocycles. The molecule has 5 heteroatoms. The summed E-state index contributed by atoms with van der Waals surface area (Å²) in [6.07, 6.45) is 0.299. The van der Waals surface area contributed by atoms with Gasteiger partial charge in [-0.1, -0.05) is 18.2 Å². The Morgan fingerprint density at radius 3 is 2.81 bits per heavy atom. The fourth-order valence-corrected chi connectivity index (χ4v) is 2.22. The van der Waals surface area contributed by atoms with E-state index in [0.717, 1.165) is 5.39 Å². The number of para-hydroxylation sites is 1. The highest BCUT2D eigenvalue weighted by Gasteiger charge is 2.20. The second-order valence-electron chi connectivity index (χ2n) is 5.11. The summed E-state index contributed by atoms with van der Waals surface area (Å²) in [5.41, 5.74) is 7.56. The van der Waals surface area contributed by atoms with E-state index < -0.39 is 0 Å². The number of nitrogen functional groups attached to an aromatic ring is 1. The molecule has 1 amide bonds. The average molecular weight is 282 g/mol. The molecule has 2 N–H and O–H groups in total. The van der Waals surface area contributed by atoms with Gasteiger partial charge in [0.25, 0.3) is 5.91 Å². The lowest BCUT2D eigenvalue weighted by Crippen LogP contribution is -2.38. The number of nitrogens with zero attached hydrogens (tertiary/aromatic N) is 3. The Bertz CT molecular complexity index is 703. The van der Waals surface area contributed by atoms with Crippen LogP contribution in [0.5, 0.6) is 0 Å². The van der Waals surface area contributed by atoms with Gasteiger partial charge in [0.05, 0.1) is 18.0 Å². The Morgan fingerprint density at radius 2 is 2.14 bits per heavy atom. The molecule has 2 aromatic rings. The Balaban J connectivity index is 2.40. The molecule has 0 fully saturated rings. The highest BCUT2D eigenvalue weighted by molar-refractivity contribution is 5.99. The molecule has 21 heavy (non-hydrogen) atoms. The van der Waals surface area contributed by atoms with Crippen LogP contribution in [0.25, 0.3) is 10.9 Å². The van der Waals surface area contributed by atoms with Crippen LogP contribution >= 0.6 is 0 Å². The third-order valence-corrected chi connectivity index (χ3v) is 3.32. The van der Waals surface area contributed by atoms with Crippen LogP contribution in [0.4, 0.5) is 5.69 Å². The molecule has 0 saturated heterocycles. The predicted molar refractivity (Wildman–Crippen MR) is 82.6 cm³/mol. The fourth-order valence-electron chi connectivity index (χ4n) is 2.22. The molecular formula is C16H18N4O. The maximum Gasteiger partial charge on any atom is 0.272 e. The molecule has 1 aromatic heterocycles. The van der Waals surface area contributed by atoms with Crippen LogP contribution in [0.15, 0.2) is 30.3 Å². The van der Waals surface area contributed by atoms with Crippen molar-refractivity contribution < 1.29 is 4.79 Å². The molecule has 0 spiro atoms. The third kappa shape index (κ3) is 3.11. The van der Waals surface area contributed by atoms with Crippen molar-refractivity contribution in [1.29, 1.82) is 5.26 Å². The lowest BCUT2D eigenvalue weighted by atomic mass is 10.1. The summed E-state index contributed by atoms with van der Waals surface area (Å²) in [6, 6.07) is 11.1. The highest BCUT2D eigenvalue weighted by atomic mass is 16.2. The summed E-state index contributed by atoms with van der Waals surface area (Å²) >= 11 is 0. The number of carbonyl (C=O) groups is 1. The maximum absolute atomic E-state index is 12.6. The predicted octanol–water partition coefficient (Wildman–Crippen LogP) is 2.58. The van der Waals surface area contributed by atoms with Crippen molar-refractivity contribution in [3.05, 3.63) is 36.0 Å². The van der Waals surface area contributed by atoms with Gasteiger partial charge in [-0.2, -0.15) is 5.26 Å². The Labute approximate surface area is 124 Å². The van der Waals surface area contributed by atoms with Gasteiger partial charge in [0.2, 0.25) is 0 Å². The van der Waals surface area contributed by atoms with Gasteiger partial charge in [0.15, 0.2) is 0 Å². The number of nitriles is 1.